The SMILES string of the molecule is CC(C)(C)ON(C(P)C(C)(C)C)C(C)(C)C. The third-order valence-electron chi connectivity index (χ3n) is 2.17. The lowest BCUT2D eigenvalue weighted by molar-refractivity contribution is -0.285. The highest BCUT2D eigenvalue weighted by molar-refractivity contribution is 7.17. The molecule has 0 N–H and O–H groups in total. The van der Waals surface area contributed by atoms with E-state index in [9.17, 15) is 0 Å². The van der Waals surface area contributed by atoms with Crippen LogP contribution in [0.15, 0.2) is 0 Å². The molecule has 3 heteroatoms. The molecular formula is C13H30NOP. The maximum Gasteiger partial charge on any atom is 0.0816 e. The molecule has 0 aromatic rings. The van der Waals surface area contributed by atoms with Crippen molar-refractivity contribution in [1.29, 1.82) is 0 Å². The second kappa shape index (κ2) is 4.92. The van der Waals surface area contributed by atoms with Crippen LogP contribution in [0.5, 0.6) is 0 Å². The summed E-state index contributed by atoms with van der Waals surface area (Å²) in [7, 11) is 2.91. The van der Waals surface area contributed by atoms with Gasteiger partial charge >= 0.3 is 0 Å². The van der Waals surface area contributed by atoms with Crippen LogP contribution in [0.1, 0.15) is 62.3 Å². The standard InChI is InChI=1S/C13H30NOP/c1-11(2,3)10(16)14(12(4,5)6)15-13(7,8)9/h10H,16H2,1-9H3. The van der Waals surface area contributed by atoms with Gasteiger partial charge in [0.2, 0.25) is 0 Å². The Morgan fingerprint density at radius 3 is 1.44 bits per heavy atom. The van der Waals surface area contributed by atoms with Gasteiger partial charge in [0.25, 0.3) is 0 Å². The molecule has 0 rings (SSSR count). The summed E-state index contributed by atoms with van der Waals surface area (Å²) in [4.78, 5) is 6.10. The Kier molecular flexibility index (Phi) is 5.03. The molecule has 0 aromatic heterocycles. The van der Waals surface area contributed by atoms with Gasteiger partial charge in [0.1, 0.15) is 0 Å². The van der Waals surface area contributed by atoms with Crippen molar-refractivity contribution >= 4 is 9.24 Å². The Morgan fingerprint density at radius 2 is 1.25 bits per heavy atom. The topological polar surface area (TPSA) is 12.5 Å². The summed E-state index contributed by atoms with van der Waals surface area (Å²) in [6, 6.07) is 0. The number of nitrogens with zero attached hydrogens (tertiary/aromatic N) is 1. The highest BCUT2D eigenvalue weighted by Gasteiger charge is 2.36. The van der Waals surface area contributed by atoms with Crippen LogP contribution in [-0.4, -0.2) is 22.0 Å². The first kappa shape index (κ1) is 16.4. The lowest BCUT2D eigenvalue weighted by Crippen LogP contribution is -2.53. The van der Waals surface area contributed by atoms with E-state index in [1.165, 1.54) is 0 Å². The monoisotopic (exact) mass is 247 g/mol. The minimum Gasteiger partial charge on any atom is -0.292 e. The van der Waals surface area contributed by atoms with Crippen molar-refractivity contribution in [1.82, 2.24) is 5.06 Å². The van der Waals surface area contributed by atoms with E-state index in [0.29, 0.717) is 0 Å². The smallest absolute Gasteiger partial charge is 0.0816 e. The molecule has 16 heavy (non-hydrogen) atoms. The third-order valence-corrected chi connectivity index (χ3v) is 3.44. The highest BCUT2D eigenvalue weighted by Crippen LogP contribution is 2.35. The first-order valence-corrected chi connectivity index (χ1v) is 6.66. The molecule has 0 fully saturated rings. The van der Waals surface area contributed by atoms with Crippen LogP contribution in [0, 0.1) is 5.41 Å². The lowest BCUT2D eigenvalue weighted by Gasteiger charge is -2.46. The van der Waals surface area contributed by atoms with Crippen molar-refractivity contribution in [2.45, 2.75) is 79.2 Å². The van der Waals surface area contributed by atoms with Crippen LogP contribution in [0.4, 0.5) is 0 Å². The quantitative estimate of drug-likeness (QED) is 0.539. The van der Waals surface area contributed by atoms with Crippen LogP contribution in [0.3, 0.4) is 0 Å². The Morgan fingerprint density at radius 1 is 0.875 bits per heavy atom. The van der Waals surface area contributed by atoms with Gasteiger partial charge in [-0.2, -0.15) is 5.06 Å². The van der Waals surface area contributed by atoms with E-state index in [-0.39, 0.29) is 22.3 Å². The van der Waals surface area contributed by atoms with E-state index < -0.39 is 0 Å². The molecule has 0 saturated heterocycles. The summed E-state index contributed by atoms with van der Waals surface area (Å²) in [5.41, 5.74) is 0.00350. The lowest BCUT2D eigenvalue weighted by atomic mass is 9.94. The molecule has 0 amide bonds. The third kappa shape index (κ3) is 5.61. The van der Waals surface area contributed by atoms with E-state index in [2.05, 4.69) is 76.6 Å². The molecule has 0 aliphatic heterocycles. The van der Waals surface area contributed by atoms with Gasteiger partial charge in [-0.15, -0.1) is 9.24 Å². The van der Waals surface area contributed by atoms with Crippen LogP contribution >= 0.6 is 9.24 Å². The van der Waals surface area contributed by atoms with Gasteiger partial charge in [-0.25, -0.2) is 0 Å². The van der Waals surface area contributed by atoms with Gasteiger partial charge in [0, 0.05) is 5.54 Å². The molecule has 0 radical (unpaired) electrons. The first-order valence-electron chi connectivity index (χ1n) is 5.99. The fraction of sp³-hybridized carbons (Fsp3) is 1.00. The van der Waals surface area contributed by atoms with Crippen LogP contribution in [0.25, 0.3) is 0 Å². The van der Waals surface area contributed by atoms with Crippen molar-refractivity contribution in [3.05, 3.63) is 0 Å². The summed E-state index contributed by atoms with van der Waals surface area (Å²) < 4.78 is 0. The molecule has 2 atom stereocenters. The fourth-order valence-corrected chi connectivity index (χ4v) is 1.77. The zero-order valence-electron chi connectivity index (χ0n) is 12.5. The first-order chi connectivity index (χ1) is 6.75. The second-order valence-electron chi connectivity index (χ2n) is 7.51. The summed E-state index contributed by atoms with van der Waals surface area (Å²) in [6.07, 6.45) is 0. The molecule has 2 nitrogen and oxygen atoms in total. The molecule has 0 aliphatic carbocycles. The highest BCUT2D eigenvalue weighted by atomic mass is 31.0. The number of hydroxylamine groups is 2. The van der Waals surface area contributed by atoms with Crippen molar-refractivity contribution in [3.8, 4) is 0 Å². The molecule has 0 bridgehead atoms. The van der Waals surface area contributed by atoms with Crippen molar-refractivity contribution in [3.63, 3.8) is 0 Å². The number of rotatable bonds is 2. The zero-order chi connectivity index (χ0) is 13.4. The average Bonchev–Trinajstić information content (AvgIpc) is 1.93. The van der Waals surface area contributed by atoms with E-state index in [1.807, 2.05) is 0 Å². The Labute approximate surface area is 104 Å². The van der Waals surface area contributed by atoms with Crippen LogP contribution in [0.2, 0.25) is 0 Å². The zero-order valence-corrected chi connectivity index (χ0v) is 13.7. The molecular weight excluding hydrogens is 217 g/mol. The summed E-state index contributed by atoms with van der Waals surface area (Å²) >= 11 is 0. The van der Waals surface area contributed by atoms with Gasteiger partial charge in [-0.3, -0.25) is 4.84 Å². The van der Waals surface area contributed by atoms with Gasteiger partial charge in [-0.05, 0) is 47.0 Å². The second-order valence-corrected chi connectivity index (χ2v) is 8.14. The predicted octanol–water partition coefficient (Wildman–Crippen LogP) is 4.06. The van der Waals surface area contributed by atoms with E-state index >= 15 is 0 Å². The molecule has 0 aliphatic rings. The van der Waals surface area contributed by atoms with Gasteiger partial charge in [-0.1, -0.05) is 20.8 Å². The predicted molar refractivity (Wildman–Crippen MR) is 75.4 cm³/mol. The molecule has 98 valence electrons. The molecule has 0 heterocycles. The summed E-state index contributed by atoms with van der Waals surface area (Å²) in [6.45, 7) is 19.5. The summed E-state index contributed by atoms with van der Waals surface area (Å²) in [5, 5.41) is 2.11. The number of hydrogen-bond donors (Lipinski definition) is 0. The van der Waals surface area contributed by atoms with E-state index in [1.54, 1.807) is 0 Å². The Balaban J connectivity index is 4.98. The molecule has 0 aromatic carbocycles. The number of hydrogen-bond acceptors (Lipinski definition) is 2. The summed E-state index contributed by atoms with van der Waals surface area (Å²) in [5.74, 6) is 0.284. The maximum atomic E-state index is 6.10. The fourth-order valence-electron chi connectivity index (χ4n) is 1.26. The van der Waals surface area contributed by atoms with E-state index in [4.69, 9.17) is 4.84 Å². The van der Waals surface area contributed by atoms with Crippen LogP contribution < -0.4 is 0 Å². The largest absolute Gasteiger partial charge is 0.292 e. The Hall–Kier alpha value is 0.350. The molecule has 2 unspecified atom stereocenters. The van der Waals surface area contributed by atoms with Gasteiger partial charge in [0.15, 0.2) is 0 Å². The maximum absolute atomic E-state index is 6.10. The van der Waals surface area contributed by atoms with Crippen molar-refractivity contribution in [2.75, 3.05) is 0 Å². The molecule has 0 spiro atoms. The van der Waals surface area contributed by atoms with Crippen molar-refractivity contribution < 1.29 is 4.84 Å². The Bertz CT molecular complexity index is 220. The minimum atomic E-state index is -0.159. The normalized spacial score (nSPS) is 16.7. The van der Waals surface area contributed by atoms with Crippen LogP contribution in [-0.2, 0) is 4.84 Å². The van der Waals surface area contributed by atoms with Gasteiger partial charge < -0.3 is 0 Å². The van der Waals surface area contributed by atoms with Crippen molar-refractivity contribution in [2.24, 2.45) is 5.41 Å². The molecule has 0 saturated carbocycles. The average molecular weight is 247 g/mol. The minimum absolute atomic E-state index is 0.00697. The van der Waals surface area contributed by atoms with E-state index in [0.717, 1.165) is 0 Å². The van der Waals surface area contributed by atoms with Gasteiger partial charge in [0.05, 0.1) is 11.4 Å².